The Bertz CT molecular complexity index is 602. The second-order valence-electron chi connectivity index (χ2n) is 4.57. The van der Waals surface area contributed by atoms with Crippen molar-refractivity contribution >= 4 is 5.97 Å². The van der Waals surface area contributed by atoms with E-state index >= 15 is 0 Å². The number of ether oxygens (including phenoxy) is 1. The van der Waals surface area contributed by atoms with E-state index in [9.17, 15) is 4.79 Å². The van der Waals surface area contributed by atoms with Gasteiger partial charge in [0.2, 0.25) is 5.82 Å². The van der Waals surface area contributed by atoms with Gasteiger partial charge in [0.05, 0.1) is 19.0 Å². The third-order valence-corrected chi connectivity index (χ3v) is 2.96. The zero-order chi connectivity index (χ0) is 14.0. The molecule has 1 heterocycles. The Balaban J connectivity index is 2.46. The number of imidazole rings is 1. The molecule has 0 aliphatic rings. The highest BCUT2D eigenvalue weighted by molar-refractivity contribution is 5.84. The SMILES string of the molecule is COc1cc(C(C)C)ccc1-c1cnc(C(=O)O)[nH]1. The van der Waals surface area contributed by atoms with Gasteiger partial charge in [-0.05, 0) is 23.6 Å². The van der Waals surface area contributed by atoms with Gasteiger partial charge in [-0.15, -0.1) is 0 Å². The van der Waals surface area contributed by atoms with Gasteiger partial charge >= 0.3 is 5.97 Å². The Morgan fingerprint density at radius 2 is 2.16 bits per heavy atom. The van der Waals surface area contributed by atoms with Crippen molar-refractivity contribution in [3.63, 3.8) is 0 Å². The minimum absolute atomic E-state index is 0.0787. The molecule has 0 radical (unpaired) electrons. The molecule has 19 heavy (non-hydrogen) atoms. The highest BCUT2D eigenvalue weighted by atomic mass is 16.5. The number of aromatic nitrogens is 2. The van der Waals surface area contributed by atoms with Gasteiger partial charge in [0.1, 0.15) is 5.75 Å². The summed E-state index contributed by atoms with van der Waals surface area (Å²) in [6.07, 6.45) is 1.50. The van der Waals surface area contributed by atoms with Gasteiger partial charge in [0.15, 0.2) is 0 Å². The number of rotatable bonds is 4. The maximum atomic E-state index is 10.8. The van der Waals surface area contributed by atoms with Crippen LogP contribution in [0.2, 0.25) is 0 Å². The fourth-order valence-corrected chi connectivity index (χ4v) is 1.86. The summed E-state index contributed by atoms with van der Waals surface area (Å²) >= 11 is 0. The first kappa shape index (κ1) is 13.1. The number of aromatic amines is 1. The van der Waals surface area contributed by atoms with Gasteiger partial charge in [-0.25, -0.2) is 9.78 Å². The number of hydrogen-bond donors (Lipinski definition) is 2. The molecule has 0 saturated carbocycles. The number of methoxy groups -OCH3 is 1. The molecule has 0 unspecified atom stereocenters. The van der Waals surface area contributed by atoms with Crippen LogP contribution in [0.5, 0.6) is 5.75 Å². The Labute approximate surface area is 111 Å². The van der Waals surface area contributed by atoms with E-state index in [4.69, 9.17) is 9.84 Å². The lowest BCUT2D eigenvalue weighted by atomic mass is 10.00. The molecule has 0 aliphatic carbocycles. The van der Waals surface area contributed by atoms with E-state index in [1.165, 1.54) is 11.8 Å². The molecule has 0 amide bonds. The average Bonchev–Trinajstić information content (AvgIpc) is 2.87. The molecule has 0 fully saturated rings. The second-order valence-corrected chi connectivity index (χ2v) is 4.57. The first-order valence-corrected chi connectivity index (χ1v) is 5.99. The van der Waals surface area contributed by atoms with Gasteiger partial charge in [-0.3, -0.25) is 0 Å². The summed E-state index contributed by atoms with van der Waals surface area (Å²) < 4.78 is 5.37. The van der Waals surface area contributed by atoms with E-state index in [0.717, 1.165) is 5.56 Å². The first-order chi connectivity index (χ1) is 9.02. The number of nitrogens with zero attached hydrogens (tertiary/aromatic N) is 1. The van der Waals surface area contributed by atoms with Crippen LogP contribution in [0.25, 0.3) is 11.3 Å². The molecule has 0 aliphatic heterocycles. The topological polar surface area (TPSA) is 75.2 Å². The van der Waals surface area contributed by atoms with Crippen molar-refractivity contribution < 1.29 is 14.6 Å². The van der Waals surface area contributed by atoms with Crippen LogP contribution in [-0.4, -0.2) is 28.2 Å². The fraction of sp³-hybridized carbons (Fsp3) is 0.286. The van der Waals surface area contributed by atoms with Crippen molar-refractivity contribution in [3.05, 3.63) is 35.8 Å². The molecule has 5 nitrogen and oxygen atoms in total. The molecular weight excluding hydrogens is 244 g/mol. The minimum atomic E-state index is -1.08. The lowest BCUT2D eigenvalue weighted by Crippen LogP contribution is -1.98. The highest BCUT2D eigenvalue weighted by Crippen LogP contribution is 2.31. The first-order valence-electron chi connectivity index (χ1n) is 5.99. The van der Waals surface area contributed by atoms with Crippen LogP contribution in [0.1, 0.15) is 35.9 Å². The minimum Gasteiger partial charge on any atom is -0.496 e. The molecule has 2 N–H and O–H groups in total. The average molecular weight is 260 g/mol. The smallest absolute Gasteiger partial charge is 0.371 e. The molecule has 0 bridgehead atoms. The molecule has 2 aromatic rings. The van der Waals surface area contributed by atoms with Gasteiger partial charge in [0.25, 0.3) is 0 Å². The molecule has 0 saturated heterocycles. The van der Waals surface area contributed by atoms with Crippen LogP contribution < -0.4 is 4.74 Å². The summed E-state index contributed by atoms with van der Waals surface area (Å²) in [5.74, 6) is -0.0555. The van der Waals surface area contributed by atoms with Crippen molar-refractivity contribution in [3.8, 4) is 17.0 Å². The van der Waals surface area contributed by atoms with Gasteiger partial charge in [-0.1, -0.05) is 19.9 Å². The molecule has 100 valence electrons. The number of H-pyrrole nitrogens is 1. The van der Waals surface area contributed by atoms with Crippen LogP contribution in [0.4, 0.5) is 0 Å². The molecule has 5 heteroatoms. The highest BCUT2D eigenvalue weighted by Gasteiger charge is 2.13. The molecular formula is C14H16N2O3. The van der Waals surface area contributed by atoms with Gasteiger partial charge < -0.3 is 14.8 Å². The largest absolute Gasteiger partial charge is 0.496 e. The molecule has 1 aromatic heterocycles. The summed E-state index contributed by atoms with van der Waals surface area (Å²) in [4.78, 5) is 17.4. The van der Waals surface area contributed by atoms with Crippen molar-refractivity contribution in [2.24, 2.45) is 0 Å². The summed E-state index contributed by atoms with van der Waals surface area (Å²) in [6.45, 7) is 4.21. The Hall–Kier alpha value is -2.30. The van der Waals surface area contributed by atoms with E-state index in [1.807, 2.05) is 18.2 Å². The third-order valence-electron chi connectivity index (χ3n) is 2.96. The molecule has 1 aromatic carbocycles. The summed E-state index contributed by atoms with van der Waals surface area (Å²) in [7, 11) is 1.59. The Kier molecular flexibility index (Phi) is 3.55. The molecule has 0 atom stereocenters. The lowest BCUT2D eigenvalue weighted by molar-refractivity contribution is 0.0685. The maximum Gasteiger partial charge on any atom is 0.371 e. The number of hydrogen-bond acceptors (Lipinski definition) is 3. The van der Waals surface area contributed by atoms with Crippen molar-refractivity contribution in [1.29, 1.82) is 0 Å². The summed E-state index contributed by atoms with van der Waals surface area (Å²) in [5.41, 5.74) is 2.59. The Morgan fingerprint density at radius 1 is 1.42 bits per heavy atom. The summed E-state index contributed by atoms with van der Waals surface area (Å²) in [6, 6.07) is 5.87. The van der Waals surface area contributed by atoms with E-state index in [1.54, 1.807) is 7.11 Å². The van der Waals surface area contributed by atoms with Crippen LogP contribution in [-0.2, 0) is 0 Å². The predicted octanol–water partition coefficient (Wildman–Crippen LogP) is 2.91. The number of carboxylic acids is 1. The van der Waals surface area contributed by atoms with E-state index < -0.39 is 5.97 Å². The maximum absolute atomic E-state index is 10.8. The number of benzene rings is 1. The van der Waals surface area contributed by atoms with E-state index in [0.29, 0.717) is 17.4 Å². The van der Waals surface area contributed by atoms with Crippen LogP contribution in [0.15, 0.2) is 24.4 Å². The monoisotopic (exact) mass is 260 g/mol. The Morgan fingerprint density at radius 3 is 2.68 bits per heavy atom. The zero-order valence-electron chi connectivity index (χ0n) is 11.1. The predicted molar refractivity (Wildman–Crippen MR) is 71.6 cm³/mol. The van der Waals surface area contributed by atoms with Crippen LogP contribution >= 0.6 is 0 Å². The molecule has 2 rings (SSSR count). The second kappa shape index (κ2) is 5.14. The summed E-state index contributed by atoms with van der Waals surface area (Å²) in [5, 5.41) is 8.86. The third kappa shape index (κ3) is 2.59. The van der Waals surface area contributed by atoms with Crippen molar-refractivity contribution in [1.82, 2.24) is 9.97 Å². The zero-order valence-corrected chi connectivity index (χ0v) is 11.1. The quantitative estimate of drug-likeness (QED) is 0.886. The van der Waals surface area contributed by atoms with Gasteiger partial charge in [0, 0.05) is 5.56 Å². The molecule has 0 spiro atoms. The normalized spacial score (nSPS) is 10.7. The number of carboxylic acid groups (broad SMARTS) is 1. The van der Waals surface area contributed by atoms with Crippen molar-refractivity contribution in [2.45, 2.75) is 19.8 Å². The lowest BCUT2D eigenvalue weighted by Gasteiger charge is -2.11. The standard InChI is InChI=1S/C14H16N2O3/c1-8(2)9-4-5-10(12(6-9)19-3)11-7-15-13(16-11)14(17)18/h4-8H,1-3H3,(H,15,16)(H,17,18). The van der Waals surface area contributed by atoms with Gasteiger partial charge in [-0.2, -0.15) is 0 Å². The van der Waals surface area contributed by atoms with Crippen LogP contribution in [0, 0.1) is 0 Å². The van der Waals surface area contributed by atoms with Crippen molar-refractivity contribution in [2.75, 3.05) is 7.11 Å². The van der Waals surface area contributed by atoms with Crippen LogP contribution in [0.3, 0.4) is 0 Å². The number of nitrogens with one attached hydrogen (secondary N) is 1. The van der Waals surface area contributed by atoms with E-state index in [2.05, 4.69) is 23.8 Å². The number of carbonyl (C=O) groups is 1. The van der Waals surface area contributed by atoms with E-state index in [-0.39, 0.29) is 5.82 Å². The number of aromatic carboxylic acids is 1. The fourth-order valence-electron chi connectivity index (χ4n) is 1.86.